The normalized spacial score (nSPS) is 14.1. The third kappa shape index (κ3) is 4.62. The Hall–Kier alpha value is -0.610. The highest BCUT2D eigenvalue weighted by atomic mass is 16.3. The summed E-state index contributed by atoms with van der Waals surface area (Å²) in [6, 6.07) is -0.171. The summed E-state index contributed by atoms with van der Waals surface area (Å²) >= 11 is 0. The first kappa shape index (κ1) is 14.4. The SMILES string of the molecule is CCNC(C)(C)C(=O)N[C@H](CO)C(C)C. The second-order valence-corrected chi connectivity index (χ2v) is 4.66. The summed E-state index contributed by atoms with van der Waals surface area (Å²) in [5.74, 6) is 0.161. The summed E-state index contributed by atoms with van der Waals surface area (Å²) in [6.07, 6.45) is 0. The lowest BCUT2D eigenvalue weighted by Crippen LogP contribution is -2.56. The number of nitrogens with one attached hydrogen (secondary N) is 2. The number of likely N-dealkylation sites (N-methyl/N-ethyl adjacent to an activating group) is 1. The van der Waals surface area contributed by atoms with Crippen molar-refractivity contribution in [3.8, 4) is 0 Å². The van der Waals surface area contributed by atoms with Gasteiger partial charge >= 0.3 is 0 Å². The van der Waals surface area contributed by atoms with E-state index >= 15 is 0 Å². The molecule has 0 spiro atoms. The Bertz CT molecular complexity index is 203. The smallest absolute Gasteiger partial charge is 0.240 e. The van der Waals surface area contributed by atoms with Gasteiger partial charge in [0, 0.05) is 0 Å². The number of carbonyl (C=O) groups is 1. The van der Waals surface area contributed by atoms with Gasteiger partial charge in [-0.1, -0.05) is 20.8 Å². The van der Waals surface area contributed by atoms with E-state index in [-0.39, 0.29) is 24.5 Å². The molecule has 0 rings (SSSR count). The lowest BCUT2D eigenvalue weighted by Gasteiger charge is -2.28. The zero-order chi connectivity index (χ0) is 12.1. The summed E-state index contributed by atoms with van der Waals surface area (Å²) in [5, 5.41) is 15.0. The van der Waals surface area contributed by atoms with E-state index in [1.165, 1.54) is 0 Å². The van der Waals surface area contributed by atoms with E-state index < -0.39 is 5.54 Å². The van der Waals surface area contributed by atoms with Crippen molar-refractivity contribution < 1.29 is 9.90 Å². The second kappa shape index (κ2) is 6.08. The fourth-order valence-electron chi connectivity index (χ4n) is 1.29. The molecule has 0 heterocycles. The summed E-state index contributed by atoms with van der Waals surface area (Å²) in [5.41, 5.74) is -0.586. The van der Waals surface area contributed by atoms with E-state index in [4.69, 9.17) is 5.11 Å². The fraction of sp³-hybridized carbons (Fsp3) is 0.909. The van der Waals surface area contributed by atoms with Crippen molar-refractivity contribution in [3.05, 3.63) is 0 Å². The first-order chi connectivity index (χ1) is 6.85. The van der Waals surface area contributed by atoms with Crippen LogP contribution < -0.4 is 10.6 Å². The van der Waals surface area contributed by atoms with Gasteiger partial charge in [0.1, 0.15) is 0 Å². The number of aliphatic hydroxyl groups is 1. The van der Waals surface area contributed by atoms with Crippen LogP contribution in [-0.4, -0.2) is 35.7 Å². The van der Waals surface area contributed by atoms with Crippen molar-refractivity contribution in [2.75, 3.05) is 13.2 Å². The summed E-state index contributed by atoms with van der Waals surface area (Å²) in [6.45, 7) is 10.3. The van der Waals surface area contributed by atoms with Crippen LogP contribution in [0.15, 0.2) is 0 Å². The zero-order valence-corrected chi connectivity index (χ0v) is 10.4. The van der Waals surface area contributed by atoms with Crippen molar-refractivity contribution in [2.24, 2.45) is 5.92 Å². The third-order valence-corrected chi connectivity index (χ3v) is 2.50. The average molecular weight is 216 g/mol. The van der Waals surface area contributed by atoms with Crippen molar-refractivity contribution in [1.29, 1.82) is 0 Å². The predicted octanol–water partition coefficient (Wildman–Crippen LogP) is 0.508. The lowest BCUT2D eigenvalue weighted by molar-refractivity contribution is -0.127. The van der Waals surface area contributed by atoms with Crippen LogP contribution in [0.1, 0.15) is 34.6 Å². The highest BCUT2D eigenvalue weighted by molar-refractivity contribution is 5.85. The molecule has 1 atom stereocenters. The standard InChI is InChI=1S/C11H24N2O2/c1-6-12-11(4,5)10(15)13-9(7-14)8(2)3/h8-9,12,14H,6-7H2,1-5H3,(H,13,15)/t9-/m1/s1. The average Bonchev–Trinajstić information content (AvgIpc) is 2.12. The molecular weight excluding hydrogens is 192 g/mol. The molecule has 0 saturated carbocycles. The topological polar surface area (TPSA) is 61.4 Å². The van der Waals surface area contributed by atoms with Crippen LogP contribution in [0.4, 0.5) is 0 Å². The number of aliphatic hydroxyl groups excluding tert-OH is 1. The molecule has 0 aromatic heterocycles. The second-order valence-electron chi connectivity index (χ2n) is 4.66. The fourth-order valence-corrected chi connectivity index (χ4v) is 1.29. The molecule has 3 N–H and O–H groups in total. The molecule has 0 fully saturated rings. The minimum atomic E-state index is -0.586. The molecule has 0 saturated heterocycles. The van der Waals surface area contributed by atoms with Gasteiger partial charge in [0.2, 0.25) is 5.91 Å². The van der Waals surface area contributed by atoms with Crippen molar-refractivity contribution >= 4 is 5.91 Å². The monoisotopic (exact) mass is 216 g/mol. The van der Waals surface area contributed by atoms with Crippen LogP contribution in [0.5, 0.6) is 0 Å². The third-order valence-electron chi connectivity index (χ3n) is 2.50. The molecule has 0 aliphatic carbocycles. The highest BCUT2D eigenvalue weighted by Crippen LogP contribution is 2.06. The summed E-state index contributed by atoms with van der Waals surface area (Å²) in [7, 11) is 0. The Labute approximate surface area is 92.4 Å². The predicted molar refractivity (Wildman–Crippen MR) is 61.6 cm³/mol. The van der Waals surface area contributed by atoms with Crippen LogP contribution in [0.25, 0.3) is 0 Å². The molecule has 0 unspecified atom stereocenters. The van der Waals surface area contributed by atoms with Crippen LogP contribution in [0, 0.1) is 5.92 Å². The van der Waals surface area contributed by atoms with Crippen molar-refractivity contribution in [2.45, 2.75) is 46.2 Å². The Kier molecular flexibility index (Phi) is 5.83. The van der Waals surface area contributed by atoms with Gasteiger partial charge in [-0.2, -0.15) is 0 Å². The first-order valence-corrected chi connectivity index (χ1v) is 5.52. The van der Waals surface area contributed by atoms with Gasteiger partial charge in [0.25, 0.3) is 0 Å². The molecule has 0 aromatic rings. The van der Waals surface area contributed by atoms with Gasteiger partial charge in [0.05, 0.1) is 18.2 Å². The van der Waals surface area contributed by atoms with Gasteiger partial charge in [-0.15, -0.1) is 0 Å². The van der Waals surface area contributed by atoms with Crippen molar-refractivity contribution in [1.82, 2.24) is 10.6 Å². The van der Waals surface area contributed by atoms with E-state index in [0.717, 1.165) is 6.54 Å². The maximum atomic E-state index is 11.8. The van der Waals surface area contributed by atoms with Crippen LogP contribution in [0.2, 0.25) is 0 Å². The minimum absolute atomic E-state index is 0.0222. The van der Waals surface area contributed by atoms with Gasteiger partial charge in [-0.05, 0) is 26.3 Å². The molecular formula is C11H24N2O2. The minimum Gasteiger partial charge on any atom is -0.394 e. The van der Waals surface area contributed by atoms with Crippen molar-refractivity contribution in [3.63, 3.8) is 0 Å². The molecule has 4 nitrogen and oxygen atoms in total. The summed E-state index contributed by atoms with van der Waals surface area (Å²) < 4.78 is 0. The maximum Gasteiger partial charge on any atom is 0.240 e. The largest absolute Gasteiger partial charge is 0.394 e. The van der Waals surface area contributed by atoms with Crippen LogP contribution >= 0.6 is 0 Å². The highest BCUT2D eigenvalue weighted by Gasteiger charge is 2.28. The van der Waals surface area contributed by atoms with Gasteiger partial charge < -0.3 is 15.7 Å². The van der Waals surface area contributed by atoms with E-state index in [0.29, 0.717) is 0 Å². The number of amides is 1. The molecule has 0 aliphatic rings. The van der Waals surface area contributed by atoms with E-state index in [1.54, 1.807) is 0 Å². The molecule has 15 heavy (non-hydrogen) atoms. The van der Waals surface area contributed by atoms with Gasteiger partial charge in [-0.25, -0.2) is 0 Å². The Morgan fingerprint density at radius 3 is 2.27 bits per heavy atom. The Morgan fingerprint density at radius 1 is 1.40 bits per heavy atom. The maximum absolute atomic E-state index is 11.8. The van der Waals surface area contributed by atoms with Crippen LogP contribution in [0.3, 0.4) is 0 Å². The Morgan fingerprint density at radius 2 is 1.93 bits per heavy atom. The number of carbonyl (C=O) groups excluding carboxylic acids is 1. The molecule has 4 heteroatoms. The zero-order valence-electron chi connectivity index (χ0n) is 10.4. The molecule has 0 radical (unpaired) electrons. The van der Waals surface area contributed by atoms with E-state index in [9.17, 15) is 4.79 Å². The van der Waals surface area contributed by atoms with Gasteiger partial charge in [0.15, 0.2) is 0 Å². The number of hydrogen-bond donors (Lipinski definition) is 3. The molecule has 0 bridgehead atoms. The Balaban J connectivity index is 4.33. The van der Waals surface area contributed by atoms with E-state index in [1.807, 2.05) is 34.6 Å². The number of hydrogen-bond acceptors (Lipinski definition) is 3. The van der Waals surface area contributed by atoms with Crippen LogP contribution in [-0.2, 0) is 4.79 Å². The first-order valence-electron chi connectivity index (χ1n) is 5.52. The molecule has 0 aliphatic heterocycles. The van der Waals surface area contributed by atoms with E-state index in [2.05, 4.69) is 10.6 Å². The molecule has 0 aromatic carbocycles. The molecule has 90 valence electrons. The molecule has 1 amide bonds. The number of rotatable bonds is 6. The quantitative estimate of drug-likeness (QED) is 0.606. The summed E-state index contributed by atoms with van der Waals surface area (Å²) in [4.78, 5) is 11.8. The lowest BCUT2D eigenvalue weighted by atomic mass is 10.0. The van der Waals surface area contributed by atoms with Gasteiger partial charge in [-0.3, -0.25) is 4.79 Å².